The van der Waals surface area contributed by atoms with Crippen LogP contribution in [0.15, 0.2) is 18.2 Å². The molecule has 0 atom stereocenters. The number of ether oxygens (including phenoxy) is 1. The summed E-state index contributed by atoms with van der Waals surface area (Å²) in [6, 6.07) is 7.23. The molecule has 92 valence electrons. The SMILES string of the molecule is C#CCN(CC#N)C(=O)c1cc(C)ccc1OC. The molecule has 4 heteroatoms. The van der Waals surface area contributed by atoms with Gasteiger partial charge in [0, 0.05) is 0 Å². The molecule has 0 bridgehead atoms. The fraction of sp³-hybridized carbons (Fsp3) is 0.286. The minimum absolute atomic E-state index is 0.0415. The predicted molar refractivity (Wildman–Crippen MR) is 68.1 cm³/mol. The van der Waals surface area contributed by atoms with Crippen LogP contribution in [0.4, 0.5) is 0 Å². The maximum Gasteiger partial charge on any atom is 0.259 e. The molecule has 0 saturated carbocycles. The molecule has 0 heterocycles. The fourth-order valence-electron chi connectivity index (χ4n) is 1.55. The minimum Gasteiger partial charge on any atom is -0.496 e. The van der Waals surface area contributed by atoms with Crippen molar-refractivity contribution in [2.45, 2.75) is 6.92 Å². The van der Waals surface area contributed by atoms with E-state index in [9.17, 15) is 4.79 Å². The van der Waals surface area contributed by atoms with E-state index >= 15 is 0 Å². The summed E-state index contributed by atoms with van der Waals surface area (Å²) in [6.45, 7) is 1.94. The van der Waals surface area contributed by atoms with Crippen LogP contribution in [0.1, 0.15) is 15.9 Å². The first-order chi connectivity index (χ1) is 8.63. The van der Waals surface area contributed by atoms with Crippen molar-refractivity contribution in [2.75, 3.05) is 20.2 Å². The molecule has 1 rings (SSSR count). The summed E-state index contributed by atoms with van der Waals surface area (Å²) in [6.07, 6.45) is 5.19. The number of nitrogens with zero attached hydrogens (tertiary/aromatic N) is 2. The Morgan fingerprint density at radius 2 is 2.22 bits per heavy atom. The van der Waals surface area contributed by atoms with Gasteiger partial charge in [0.25, 0.3) is 5.91 Å². The van der Waals surface area contributed by atoms with Crippen LogP contribution in [0.5, 0.6) is 5.75 Å². The monoisotopic (exact) mass is 242 g/mol. The number of terminal acetylenes is 1. The van der Waals surface area contributed by atoms with Crippen molar-refractivity contribution in [1.29, 1.82) is 5.26 Å². The quantitative estimate of drug-likeness (QED) is 0.595. The van der Waals surface area contributed by atoms with E-state index in [-0.39, 0.29) is 19.0 Å². The lowest BCUT2D eigenvalue weighted by atomic mass is 10.1. The Morgan fingerprint density at radius 1 is 1.50 bits per heavy atom. The lowest BCUT2D eigenvalue weighted by Crippen LogP contribution is -2.32. The highest BCUT2D eigenvalue weighted by atomic mass is 16.5. The van der Waals surface area contributed by atoms with Gasteiger partial charge < -0.3 is 9.64 Å². The number of hydrogen-bond acceptors (Lipinski definition) is 3. The van der Waals surface area contributed by atoms with Gasteiger partial charge >= 0.3 is 0 Å². The average molecular weight is 242 g/mol. The van der Waals surface area contributed by atoms with Crippen LogP contribution >= 0.6 is 0 Å². The Kier molecular flexibility index (Phi) is 4.78. The van der Waals surface area contributed by atoms with Gasteiger partial charge in [0.05, 0.1) is 25.3 Å². The highest BCUT2D eigenvalue weighted by Gasteiger charge is 2.18. The Morgan fingerprint density at radius 3 is 2.78 bits per heavy atom. The summed E-state index contributed by atoms with van der Waals surface area (Å²) in [5.74, 6) is 2.55. The van der Waals surface area contributed by atoms with Gasteiger partial charge in [-0.05, 0) is 19.1 Å². The van der Waals surface area contributed by atoms with Gasteiger partial charge in [-0.25, -0.2) is 0 Å². The molecule has 0 aliphatic rings. The van der Waals surface area contributed by atoms with Gasteiger partial charge in [0.2, 0.25) is 0 Å². The molecule has 0 aliphatic carbocycles. The molecule has 0 aliphatic heterocycles. The van der Waals surface area contributed by atoms with Gasteiger partial charge in [-0.2, -0.15) is 5.26 Å². The number of methoxy groups -OCH3 is 1. The van der Waals surface area contributed by atoms with Crippen LogP contribution in [0.25, 0.3) is 0 Å². The number of nitriles is 1. The summed E-state index contributed by atoms with van der Waals surface area (Å²) in [4.78, 5) is 13.6. The summed E-state index contributed by atoms with van der Waals surface area (Å²) in [5, 5.41) is 8.70. The molecule has 0 spiro atoms. The van der Waals surface area contributed by atoms with E-state index in [0.29, 0.717) is 11.3 Å². The van der Waals surface area contributed by atoms with Gasteiger partial charge in [0.1, 0.15) is 12.3 Å². The van der Waals surface area contributed by atoms with Crippen LogP contribution in [-0.2, 0) is 0 Å². The molecule has 18 heavy (non-hydrogen) atoms. The van der Waals surface area contributed by atoms with E-state index in [1.54, 1.807) is 12.1 Å². The summed E-state index contributed by atoms with van der Waals surface area (Å²) in [7, 11) is 1.50. The molecule has 0 radical (unpaired) electrons. The van der Waals surface area contributed by atoms with Crippen LogP contribution in [-0.4, -0.2) is 31.0 Å². The third kappa shape index (κ3) is 3.02. The van der Waals surface area contributed by atoms with Crippen molar-refractivity contribution in [1.82, 2.24) is 4.90 Å². The van der Waals surface area contributed by atoms with E-state index in [4.69, 9.17) is 16.4 Å². The molecule has 0 N–H and O–H groups in total. The van der Waals surface area contributed by atoms with Gasteiger partial charge in [-0.3, -0.25) is 4.79 Å². The molecule has 0 aromatic heterocycles. The molecule has 0 fully saturated rings. The molecular weight excluding hydrogens is 228 g/mol. The maximum absolute atomic E-state index is 12.3. The third-order valence-electron chi connectivity index (χ3n) is 2.42. The van der Waals surface area contributed by atoms with Crippen LogP contribution in [0, 0.1) is 30.6 Å². The molecule has 1 amide bonds. The van der Waals surface area contributed by atoms with E-state index < -0.39 is 0 Å². The van der Waals surface area contributed by atoms with Gasteiger partial charge in [-0.1, -0.05) is 17.6 Å². The molecule has 0 saturated heterocycles. The Hall–Kier alpha value is -2.46. The lowest BCUT2D eigenvalue weighted by Gasteiger charge is -2.18. The highest BCUT2D eigenvalue weighted by Crippen LogP contribution is 2.21. The van der Waals surface area contributed by atoms with E-state index in [1.807, 2.05) is 19.1 Å². The van der Waals surface area contributed by atoms with Crippen molar-refractivity contribution in [3.8, 4) is 24.2 Å². The van der Waals surface area contributed by atoms with E-state index in [2.05, 4.69) is 5.92 Å². The van der Waals surface area contributed by atoms with Crippen molar-refractivity contribution >= 4 is 5.91 Å². The van der Waals surface area contributed by atoms with E-state index in [1.165, 1.54) is 12.0 Å². The van der Waals surface area contributed by atoms with Crippen LogP contribution < -0.4 is 4.74 Å². The molecule has 4 nitrogen and oxygen atoms in total. The van der Waals surface area contributed by atoms with Crippen molar-refractivity contribution in [3.63, 3.8) is 0 Å². The van der Waals surface area contributed by atoms with E-state index in [0.717, 1.165) is 5.56 Å². The molecule has 0 unspecified atom stereocenters. The largest absolute Gasteiger partial charge is 0.496 e. The maximum atomic E-state index is 12.3. The summed E-state index contributed by atoms with van der Waals surface area (Å²) < 4.78 is 5.15. The number of carbonyl (C=O) groups is 1. The third-order valence-corrected chi connectivity index (χ3v) is 2.42. The molecule has 1 aromatic carbocycles. The normalized spacial score (nSPS) is 9.11. The predicted octanol–water partition coefficient (Wildman–Crippen LogP) is 1.60. The zero-order valence-corrected chi connectivity index (χ0v) is 10.4. The Bertz CT molecular complexity index is 508. The summed E-state index contributed by atoms with van der Waals surface area (Å²) in [5.41, 5.74) is 1.36. The van der Waals surface area contributed by atoms with Gasteiger partial charge in [-0.15, -0.1) is 6.42 Å². The van der Waals surface area contributed by atoms with Crippen molar-refractivity contribution in [2.24, 2.45) is 0 Å². The summed E-state index contributed by atoms with van der Waals surface area (Å²) >= 11 is 0. The highest BCUT2D eigenvalue weighted by molar-refractivity contribution is 5.97. The number of aryl methyl sites for hydroxylation is 1. The van der Waals surface area contributed by atoms with Gasteiger partial charge in [0.15, 0.2) is 0 Å². The molecular formula is C14H14N2O2. The number of carbonyl (C=O) groups excluding carboxylic acids is 1. The zero-order chi connectivity index (χ0) is 13.5. The second-order valence-electron chi connectivity index (χ2n) is 3.73. The zero-order valence-electron chi connectivity index (χ0n) is 10.4. The topological polar surface area (TPSA) is 53.3 Å². The van der Waals surface area contributed by atoms with Crippen molar-refractivity contribution < 1.29 is 9.53 Å². The number of benzene rings is 1. The first kappa shape index (κ1) is 13.6. The number of rotatable bonds is 4. The lowest BCUT2D eigenvalue weighted by molar-refractivity contribution is 0.0792. The fourth-order valence-corrected chi connectivity index (χ4v) is 1.55. The van der Waals surface area contributed by atoms with Crippen LogP contribution in [0.2, 0.25) is 0 Å². The number of hydrogen-bond donors (Lipinski definition) is 0. The Balaban J connectivity index is 3.12. The minimum atomic E-state index is -0.296. The number of amides is 1. The second-order valence-corrected chi connectivity index (χ2v) is 3.73. The average Bonchev–Trinajstić information content (AvgIpc) is 2.37. The second kappa shape index (κ2) is 6.32. The first-order valence-electron chi connectivity index (χ1n) is 5.38. The standard InChI is InChI=1S/C14H14N2O2/c1-4-8-16(9-7-15)14(17)12-10-11(2)5-6-13(12)18-3/h1,5-6,10H,8-9H2,2-3H3. The molecule has 1 aromatic rings. The van der Waals surface area contributed by atoms with Crippen molar-refractivity contribution in [3.05, 3.63) is 29.3 Å². The smallest absolute Gasteiger partial charge is 0.259 e. The van der Waals surface area contributed by atoms with Crippen LogP contribution in [0.3, 0.4) is 0 Å². The first-order valence-corrected chi connectivity index (χ1v) is 5.38. The Labute approximate surface area is 107 Å².